The molecule has 0 aromatic carbocycles. The second-order valence-electron chi connectivity index (χ2n) is 4.64. The van der Waals surface area contributed by atoms with Crippen molar-refractivity contribution in [1.29, 1.82) is 0 Å². The van der Waals surface area contributed by atoms with Crippen LogP contribution in [0.4, 0.5) is 0 Å². The van der Waals surface area contributed by atoms with Crippen molar-refractivity contribution in [3.05, 3.63) is 12.2 Å². The van der Waals surface area contributed by atoms with Crippen molar-refractivity contribution in [3.8, 4) is 0 Å². The molecule has 9 heteroatoms. The number of nitrogens with one attached hydrogen (secondary N) is 2. The van der Waals surface area contributed by atoms with Crippen LogP contribution < -0.4 is 14.9 Å². The van der Waals surface area contributed by atoms with Gasteiger partial charge in [0.05, 0.1) is 55.4 Å². The molecule has 0 unspecified atom stereocenters. The maximum absolute atomic E-state index is 9.49. The molecule has 124 valence electrons. The van der Waals surface area contributed by atoms with Crippen molar-refractivity contribution in [2.24, 2.45) is 0 Å². The minimum absolute atomic E-state index is 0.0648. The summed E-state index contributed by atoms with van der Waals surface area (Å²) in [7, 11) is 8.90. The average molecular weight is 316 g/mol. The van der Waals surface area contributed by atoms with E-state index in [-0.39, 0.29) is 5.57 Å². The molecule has 0 radical (unpaired) electrons. The van der Waals surface area contributed by atoms with Gasteiger partial charge in [0, 0.05) is 0 Å². The third kappa shape index (κ3) is 121. The number of carboxylic acids is 1. The molecule has 0 saturated carbocycles. The van der Waals surface area contributed by atoms with Crippen molar-refractivity contribution in [2.45, 2.75) is 6.92 Å². The summed E-state index contributed by atoms with van der Waals surface area (Å²) in [4.78, 5) is 12.3. The third-order valence-electron chi connectivity index (χ3n) is 0.553. The minimum atomic E-state index is -4.41. The van der Waals surface area contributed by atoms with Gasteiger partial charge in [-0.2, -0.15) is 0 Å². The minimum Gasteiger partial charge on any atom is -0.726 e. The Bertz CT molecular complexity index is 315. The van der Waals surface area contributed by atoms with E-state index in [0.717, 1.165) is 7.11 Å². The Balaban J connectivity index is -0.0000000871. The number of carboxylic acid groups (broad SMARTS) is 1. The molecule has 0 aromatic rings. The van der Waals surface area contributed by atoms with Crippen molar-refractivity contribution >= 4 is 16.4 Å². The van der Waals surface area contributed by atoms with E-state index in [9.17, 15) is 22.9 Å². The van der Waals surface area contributed by atoms with Gasteiger partial charge in [0.2, 0.25) is 10.4 Å². The highest BCUT2D eigenvalue weighted by molar-refractivity contribution is 7.80. The molecule has 0 saturated heterocycles. The summed E-state index contributed by atoms with van der Waals surface area (Å²) in [5.74, 6) is -1.19. The van der Waals surface area contributed by atoms with E-state index in [1.54, 1.807) is 0 Å². The van der Waals surface area contributed by atoms with Crippen molar-refractivity contribution < 1.29 is 36.9 Å². The van der Waals surface area contributed by atoms with E-state index in [1.165, 1.54) is 16.7 Å². The first-order chi connectivity index (χ1) is 8.67. The molecule has 0 aliphatic carbocycles. The Labute approximate surface area is 122 Å². The van der Waals surface area contributed by atoms with Crippen molar-refractivity contribution in [1.82, 2.24) is 0 Å². The fourth-order valence-corrected chi connectivity index (χ4v) is 0. The highest BCUT2D eigenvalue weighted by Crippen LogP contribution is 1.77. The molecule has 0 spiro atoms. The van der Waals surface area contributed by atoms with Crippen LogP contribution in [-0.4, -0.2) is 68.3 Å². The predicted octanol–water partition coefficient (Wildman–Crippen LogP) is -4.07. The van der Waals surface area contributed by atoms with Crippen LogP contribution in [0.3, 0.4) is 0 Å². The lowest BCUT2D eigenvalue weighted by atomic mass is 10.4. The first-order valence-electron chi connectivity index (χ1n) is 5.59. The lowest BCUT2D eigenvalue weighted by Crippen LogP contribution is -3.02. The summed E-state index contributed by atoms with van der Waals surface area (Å²) < 4.78 is 31.0. The molecule has 8 nitrogen and oxygen atoms in total. The molecule has 0 aliphatic heterocycles. The number of carbonyl (C=O) groups excluding carboxylic acids is 1. The first-order valence-corrected chi connectivity index (χ1v) is 6.92. The smallest absolute Gasteiger partial charge is 0.217 e. The van der Waals surface area contributed by atoms with E-state index >= 15 is 0 Å². The summed E-state index contributed by atoms with van der Waals surface area (Å²) in [6, 6.07) is 0. The van der Waals surface area contributed by atoms with Crippen molar-refractivity contribution in [2.75, 3.05) is 49.4 Å². The highest BCUT2D eigenvalue weighted by atomic mass is 32.3. The quantitative estimate of drug-likeness (QED) is 0.304. The first kappa shape index (κ1) is 27.4. The summed E-state index contributed by atoms with van der Waals surface area (Å²) in [5.41, 5.74) is 0.0648. The van der Waals surface area contributed by atoms with Gasteiger partial charge in [-0.25, -0.2) is 8.42 Å². The second-order valence-corrected chi connectivity index (χ2v) is 5.79. The molecule has 0 heterocycles. The van der Waals surface area contributed by atoms with Crippen LogP contribution in [0, 0.1) is 0 Å². The molecule has 0 amide bonds. The number of carbonyl (C=O) groups is 1. The number of quaternary nitrogens is 2. The van der Waals surface area contributed by atoms with Gasteiger partial charge in [-0.05, 0) is 12.5 Å². The summed E-state index contributed by atoms with van der Waals surface area (Å²) in [6.07, 6.45) is 0. The summed E-state index contributed by atoms with van der Waals surface area (Å²) >= 11 is 0. The Morgan fingerprint density at radius 3 is 1.15 bits per heavy atom. The van der Waals surface area contributed by atoms with Gasteiger partial charge in [-0.1, -0.05) is 6.58 Å². The largest absolute Gasteiger partial charge is 0.726 e. The standard InChI is InChI=1S/C4H6O2.2C3H9N.CH4O4S/c1-3(2)4(5)6;2*1-4(2)3;1-5-6(2,3)4/h1H2,2H3,(H,5,6);2*1-3H3;1H3,(H,2,3,4). The van der Waals surface area contributed by atoms with Crippen molar-refractivity contribution in [3.63, 3.8) is 0 Å². The van der Waals surface area contributed by atoms with E-state index in [0.29, 0.717) is 0 Å². The van der Waals surface area contributed by atoms with E-state index in [2.05, 4.69) is 53.0 Å². The van der Waals surface area contributed by atoms with Gasteiger partial charge in [0.25, 0.3) is 0 Å². The van der Waals surface area contributed by atoms with Crippen LogP contribution in [-0.2, 0) is 19.4 Å². The van der Waals surface area contributed by atoms with Gasteiger partial charge >= 0.3 is 0 Å². The molecule has 0 atom stereocenters. The molecule has 20 heavy (non-hydrogen) atoms. The van der Waals surface area contributed by atoms with Crippen LogP contribution in [0.2, 0.25) is 0 Å². The third-order valence-corrected chi connectivity index (χ3v) is 0.961. The number of hydrogen-bond donors (Lipinski definition) is 2. The number of rotatable bonds is 2. The maximum atomic E-state index is 9.49. The molecule has 0 aliphatic rings. The molecule has 0 bridgehead atoms. The molecule has 0 rings (SSSR count). The van der Waals surface area contributed by atoms with Crippen LogP contribution in [0.5, 0.6) is 0 Å². The zero-order valence-electron chi connectivity index (χ0n) is 13.6. The van der Waals surface area contributed by atoms with E-state index in [4.69, 9.17) is 0 Å². The van der Waals surface area contributed by atoms with Gasteiger partial charge < -0.3 is 24.3 Å². The molecule has 0 fully saturated rings. The topological polar surface area (TPSA) is 115 Å². The fourth-order valence-electron chi connectivity index (χ4n) is 0. The van der Waals surface area contributed by atoms with Crippen LogP contribution >= 0.6 is 0 Å². The Morgan fingerprint density at radius 2 is 1.15 bits per heavy atom. The van der Waals surface area contributed by atoms with Crippen LogP contribution in [0.25, 0.3) is 0 Å². The van der Waals surface area contributed by atoms with Gasteiger partial charge in [0.15, 0.2) is 0 Å². The van der Waals surface area contributed by atoms with Gasteiger partial charge in [0.1, 0.15) is 0 Å². The molecular weight excluding hydrogens is 288 g/mol. The van der Waals surface area contributed by atoms with E-state index < -0.39 is 16.4 Å². The van der Waals surface area contributed by atoms with E-state index in [1.807, 2.05) is 0 Å². The summed E-state index contributed by atoms with van der Waals surface area (Å²) in [6.45, 7) is 4.48. The van der Waals surface area contributed by atoms with Gasteiger partial charge in [-0.3, -0.25) is 4.18 Å². The van der Waals surface area contributed by atoms with Crippen LogP contribution in [0.15, 0.2) is 12.2 Å². The number of hydrogen-bond acceptors (Lipinski definition) is 6. The summed E-state index contributed by atoms with van der Waals surface area (Å²) in [5, 5.41) is 9.49. The van der Waals surface area contributed by atoms with Crippen LogP contribution in [0.1, 0.15) is 6.92 Å². The second kappa shape index (κ2) is 16.1. The highest BCUT2D eigenvalue weighted by Gasteiger charge is 1.79. The monoisotopic (exact) mass is 316 g/mol. The lowest BCUT2D eigenvalue weighted by Gasteiger charge is -1.98. The Hall–Kier alpha value is -1.00. The molecule has 0 aromatic heterocycles. The maximum Gasteiger partial charge on any atom is 0.217 e. The molecular formula is C11H28N2O6S. The normalized spacial score (nSPS) is 9.35. The average Bonchev–Trinajstić information content (AvgIpc) is 2.15. The lowest BCUT2D eigenvalue weighted by molar-refractivity contribution is -0.836. The number of aliphatic carboxylic acids is 1. The Morgan fingerprint density at radius 1 is 1.05 bits per heavy atom. The van der Waals surface area contributed by atoms with Gasteiger partial charge in [-0.15, -0.1) is 0 Å². The zero-order chi connectivity index (χ0) is 17.5. The predicted molar refractivity (Wildman–Crippen MR) is 74.0 cm³/mol. The SMILES string of the molecule is C=C(C)C(=O)[O-].COS(=O)(=O)[O-].C[NH+](C)C.C[NH+](C)C. The fraction of sp³-hybridized carbons (Fsp3) is 0.727. The Kier molecular flexibility index (Phi) is 22.0. The molecule has 2 N–H and O–H groups in total. The zero-order valence-corrected chi connectivity index (χ0v) is 14.4.